The fraction of sp³-hybridized carbons (Fsp3) is 0.318. The van der Waals surface area contributed by atoms with Crippen LogP contribution < -0.4 is 15.8 Å². The van der Waals surface area contributed by atoms with Crippen molar-refractivity contribution in [3.63, 3.8) is 0 Å². The second-order valence-corrected chi connectivity index (χ2v) is 7.58. The molecule has 3 amide bonds. The average Bonchev–Trinajstić information content (AvgIpc) is 2.77. The molecule has 3 rings (SSSR count). The summed E-state index contributed by atoms with van der Waals surface area (Å²) in [5.74, 6) is -3.37. The molecule has 2 N–H and O–H groups in total. The fourth-order valence-corrected chi connectivity index (χ4v) is 3.40. The Hall–Kier alpha value is -3.49. The summed E-state index contributed by atoms with van der Waals surface area (Å²) in [5, 5.41) is 0. The van der Waals surface area contributed by atoms with E-state index >= 15 is 0 Å². The standard InChI is InChI=1S/C22H24F2N4O3/c1-27(2)17-5-3-4-15(12-17)21(30)26-25-20(29)14-8-10-28(11-9-14)22(31)18-7-6-16(23)13-19(18)24/h3-7,12-14H,8-11H2,1-2H3,(H,25,29)(H,26,30). The third-order valence-corrected chi connectivity index (χ3v) is 5.24. The van der Waals surface area contributed by atoms with Crippen molar-refractivity contribution in [1.82, 2.24) is 15.8 Å². The first kappa shape index (κ1) is 22.2. The monoisotopic (exact) mass is 430 g/mol. The summed E-state index contributed by atoms with van der Waals surface area (Å²) in [6, 6.07) is 9.79. The molecule has 0 saturated carbocycles. The van der Waals surface area contributed by atoms with Gasteiger partial charge in [0.15, 0.2) is 0 Å². The molecule has 1 saturated heterocycles. The highest BCUT2D eigenvalue weighted by Gasteiger charge is 2.29. The largest absolute Gasteiger partial charge is 0.378 e. The highest BCUT2D eigenvalue weighted by molar-refractivity contribution is 5.96. The molecule has 1 fully saturated rings. The Labute approximate surface area is 179 Å². The topological polar surface area (TPSA) is 81.8 Å². The Bertz CT molecular complexity index is 988. The van der Waals surface area contributed by atoms with Gasteiger partial charge in [-0.2, -0.15) is 0 Å². The molecule has 0 atom stereocenters. The summed E-state index contributed by atoms with van der Waals surface area (Å²) in [6.45, 7) is 0.513. The maximum absolute atomic E-state index is 13.9. The number of amides is 3. The van der Waals surface area contributed by atoms with Crippen LogP contribution in [0.4, 0.5) is 14.5 Å². The summed E-state index contributed by atoms with van der Waals surface area (Å²) >= 11 is 0. The second kappa shape index (κ2) is 9.55. The highest BCUT2D eigenvalue weighted by atomic mass is 19.1. The lowest BCUT2D eigenvalue weighted by molar-refractivity contribution is -0.127. The molecular weight excluding hydrogens is 406 g/mol. The van der Waals surface area contributed by atoms with Gasteiger partial charge in [-0.05, 0) is 43.2 Å². The predicted molar refractivity (Wildman–Crippen MR) is 111 cm³/mol. The van der Waals surface area contributed by atoms with Gasteiger partial charge in [0.25, 0.3) is 11.8 Å². The first-order valence-corrected chi connectivity index (χ1v) is 9.88. The van der Waals surface area contributed by atoms with Crippen LogP contribution >= 0.6 is 0 Å². The summed E-state index contributed by atoms with van der Waals surface area (Å²) < 4.78 is 26.9. The van der Waals surface area contributed by atoms with Crippen molar-refractivity contribution in [2.75, 3.05) is 32.1 Å². The molecule has 2 aromatic carbocycles. The number of halogens is 2. The van der Waals surface area contributed by atoms with Crippen LogP contribution in [0.5, 0.6) is 0 Å². The van der Waals surface area contributed by atoms with Gasteiger partial charge in [-0.3, -0.25) is 25.2 Å². The molecule has 0 bridgehead atoms. The Morgan fingerprint density at radius 1 is 1.00 bits per heavy atom. The van der Waals surface area contributed by atoms with Crippen molar-refractivity contribution in [2.24, 2.45) is 5.92 Å². The van der Waals surface area contributed by atoms with Crippen LogP contribution in [-0.2, 0) is 4.79 Å². The summed E-state index contributed by atoms with van der Waals surface area (Å²) in [6.07, 6.45) is 0.735. The van der Waals surface area contributed by atoms with Crippen molar-refractivity contribution in [3.8, 4) is 0 Å². The molecule has 7 nitrogen and oxygen atoms in total. The number of nitrogens with one attached hydrogen (secondary N) is 2. The van der Waals surface area contributed by atoms with Crippen molar-refractivity contribution in [3.05, 3.63) is 65.2 Å². The van der Waals surface area contributed by atoms with Crippen LogP contribution in [0.1, 0.15) is 33.6 Å². The molecular formula is C22H24F2N4O3. The van der Waals surface area contributed by atoms with E-state index in [2.05, 4.69) is 10.9 Å². The highest BCUT2D eigenvalue weighted by Crippen LogP contribution is 2.21. The minimum atomic E-state index is -0.911. The van der Waals surface area contributed by atoms with Crippen LogP contribution in [0.3, 0.4) is 0 Å². The van der Waals surface area contributed by atoms with E-state index in [1.807, 2.05) is 25.1 Å². The normalized spacial score (nSPS) is 14.1. The Morgan fingerprint density at radius 2 is 1.71 bits per heavy atom. The van der Waals surface area contributed by atoms with E-state index in [9.17, 15) is 23.2 Å². The quantitative estimate of drug-likeness (QED) is 0.730. The van der Waals surface area contributed by atoms with Gasteiger partial charge >= 0.3 is 0 Å². The van der Waals surface area contributed by atoms with Gasteiger partial charge in [0.05, 0.1) is 5.56 Å². The zero-order valence-corrected chi connectivity index (χ0v) is 17.3. The summed E-state index contributed by atoms with van der Waals surface area (Å²) in [7, 11) is 3.72. The Balaban J connectivity index is 1.50. The summed E-state index contributed by atoms with van der Waals surface area (Å²) in [4.78, 5) is 40.5. The number of nitrogens with zero attached hydrogens (tertiary/aromatic N) is 2. The minimum Gasteiger partial charge on any atom is -0.378 e. The first-order chi connectivity index (χ1) is 14.8. The van der Waals surface area contributed by atoms with E-state index < -0.39 is 29.4 Å². The lowest BCUT2D eigenvalue weighted by Gasteiger charge is -2.31. The average molecular weight is 430 g/mol. The van der Waals surface area contributed by atoms with Crippen LogP contribution in [-0.4, -0.2) is 49.8 Å². The van der Waals surface area contributed by atoms with Gasteiger partial charge in [0.1, 0.15) is 11.6 Å². The van der Waals surface area contributed by atoms with E-state index in [1.165, 1.54) is 4.90 Å². The SMILES string of the molecule is CN(C)c1cccc(C(=O)NNC(=O)C2CCN(C(=O)c3ccc(F)cc3F)CC2)c1. The van der Waals surface area contributed by atoms with Crippen molar-refractivity contribution < 1.29 is 23.2 Å². The van der Waals surface area contributed by atoms with Crippen LogP contribution in [0, 0.1) is 17.6 Å². The molecule has 31 heavy (non-hydrogen) atoms. The second-order valence-electron chi connectivity index (χ2n) is 7.58. The number of hydrogen-bond acceptors (Lipinski definition) is 4. The number of anilines is 1. The maximum Gasteiger partial charge on any atom is 0.269 e. The first-order valence-electron chi connectivity index (χ1n) is 9.88. The molecule has 0 aliphatic carbocycles. The molecule has 0 radical (unpaired) electrons. The third kappa shape index (κ3) is 5.36. The van der Waals surface area contributed by atoms with Gasteiger partial charge in [-0.25, -0.2) is 8.78 Å². The van der Waals surface area contributed by atoms with Crippen LogP contribution in [0.25, 0.3) is 0 Å². The smallest absolute Gasteiger partial charge is 0.269 e. The minimum absolute atomic E-state index is 0.198. The molecule has 9 heteroatoms. The maximum atomic E-state index is 13.9. The molecule has 1 aliphatic heterocycles. The number of piperidine rings is 1. The molecule has 0 aromatic heterocycles. The number of carbonyl (C=O) groups excluding carboxylic acids is 3. The fourth-order valence-electron chi connectivity index (χ4n) is 3.40. The molecule has 1 heterocycles. The van der Waals surface area contributed by atoms with Gasteiger partial charge in [-0.15, -0.1) is 0 Å². The molecule has 0 unspecified atom stereocenters. The molecule has 1 aliphatic rings. The zero-order valence-electron chi connectivity index (χ0n) is 17.3. The lowest BCUT2D eigenvalue weighted by Crippen LogP contribution is -2.48. The van der Waals surface area contributed by atoms with Crippen LogP contribution in [0.2, 0.25) is 0 Å². The van der Waals surface area contributed by atoms with Crippen LogP contribution in [0.15, 0.2) is 42.5 Å². The van der Waals surface area contributed by atoms with Gasteiger partial charge in [0, 0.05) is 50.4 Å². The van der Waals surface area contributed by atoms with Gasteiger partial charge in [0.2, 0.25) is 5.91 Å². The van der Waals surface area contributed by atoms with E-state index in [0.29, 0.717) is 24.5 Å². The van der Waals surface area contributed by atoms with Gasteiger partial charge < -0.3 is 9.80 Å². The zero-order chi connectivity index (χ0) is 22.5. The Kier molecular flexibility index (Phi) is 6.84. The van der Waals surface area contributed by atoms with Gasteiger partial charge in [-0.1, -0.05) is 6.07 Å². The number of hydrogen-bond donors (Lipinski definition) is 2. The van der Waals surface area contributed by atoms with E-state index in [1.54, 1.807) is 18.2 Å². The van der Waals surface area contributed by atoms with Crippen molar-refractivity contribution >= 4 is 23.4 Å². The molecule has 0 spiro atoms. The molecule has 2 aromatic rings. The predicted octanol–water partition coefficient (Wildman–Crippen LogP) is 2.34. The van der Waals surface area contributed by atoms with E-state index in [-0.39, 0.29) is 24.6 Å². The Morgan fingerprint density at radius 3 is 2.35 bits per heavy atom. The van der Waals surface area contributed by atoms with Crippen molar-refractivity contribution in [1.29, 1.82) is 0 Å². The molecule has 164 valence electrons. The van der Waals surface area contributed by atoms with Crippen molar-refractivity contribution in [2.45, 2.75) is 12.8 Å². The van der Waals surface area contributed by atoms with E-state index in [0.717, 1.165) is 17.8 Å². The number of rotatable bonds is 4. The van der Waals surface area contributed by atoms with E-state index in [4.69, 9.17) is 0 Å². The summed E-state index contributed by atoms with van der Waals surface area (Å²) in [5.41, 5.74) is 5.91. The third-order valence-electron chi connectivity index (χ3n) is 5.24. The number of hydrazine groups is 1. The number of carbonyl (C=O) groups is 3. The number of likely N-dealkylation sites (tertiary alicyclic amines) is 1. The lowest BCUT2D eigenvalue weighted by atomic mass is 9.95. The number of benzene rings is 2.